The lowest BCUT2D eigenvalue weighted by Gasteiger charge is -2.22. The normalized spacial score (nSPS) is 17.1. The molecule has 0 fully saturated rings. The summed E-state index contributed by atoms with van der Waals surface area (Å²) < 4.78 is 30.7. The van der Waals surface area contributed by atoms with Crippen molar-refractivity contribution >= 4 is 44.8 Å². The predicted molar refractivity (Wildman–Crippen MR) is 113 cm³/mol. The van der Waals surface area contributed by atoms with E-state index in [1.54, 1.807) is 44.2 Å². The summed E-state index contributed by atoms with van der Waals surface area (Å²) in [5, 5.41) is 5.20. The number of carbonyl (C=O) groups is 2. The van der Waals surface area contributed by atoms with Crippen molar-refractivity contribution in [2.24, 2.45) is 5.92 Å². The van der Waals surface area contributed by atoms with Crippen LogP contribution in [0.1, 0.15) is 13.8 Å². The zero-order chi connectivity index (χ0) is 21.2. The highest BCUT2D eigenvalue weighted by molar-refractivity contribution is 8.01. The van der Waals surface area contributed by atoms with Crippen LogP contribution < -0.4 is 15.4 Å². The van der Waals surface area contributed by atoms with Crippen LogP contribution in [0.15, 0.2) is 52.3 Å². The molecule has 1 aliphatic heterocycles. The summed E-state index contributed by atoms with van der Waals surface area (Å²) in [6.45, 7) is 3.35. The number of methoxy groups -OCH3 is 1. The van der Waals surface area contributed by atoms with Crippen LogP contribution >= 0.6 is 11.8 Å². The molecule has 1 aliphatic rings. The highest BCUT2D eigenvalue weighted by atomic mass is 32.2. The van der Waals surface area contributed by atoms with Crippen LogP contribution in [0.3, 0.4) is 0 Å². The maximum atomic E-state index is 12.8. The molecule has 0 saturated carbocycles. The molecule has 0 unspecified atom stereocenters. The van der Waals surface area contributed by atoms with Crippen molar-refractivity contribution in [1.29, 1.82) is 0 Å². The molecule has 2 aromatic rings. The van der Waals surface area contributed by atoms with Crippen LogP contribution in [0, 0.1) is 5.92 Å². The van der Waals surface area contributed by atoms with E-state index in [4.69, 9.17) is 4.74 Å². The summed E-state index contributed by atoms with van der Waals surface area (Å²) in [5.74, 6) is -1.10. The van der Waals surface area contributed by atoms with E-state index in [1.807, 2.05) is 0 Å². The summed E-state index contributed by atoms with van der Waals surface area (Å²) >= 11 is 1.38. The second kappa shape index (κ2) is 8.46. The molecule has 29 heavy (non-hydrogen) atoms. The van der Waals surface area contributed by atoms with Gasteiger partial charge in [-0.05, 0) is 37.3 Å². The van der Waals surface area contributed by atoms with Crippen molar-refractivity contribution in [3.63, 3.8) is 0 Å². The van der Waals surface area contributed by atoms with E-state index in [2.05, 4.69) is 10.6 Å². The third kappa shape index (κ3) is 4.91. The van der Waals surface area contributed by atoms with Crippen LogP contribution in [-0.2, 0) is 19.4 Å². The highest BCUT2D eigenvalue weighted by Crippen LogP contribution is 2.37. The maximum Gasteiger partial charge on any atom is 0.237 e. The number of ether oxygens (including phenoxy) is 1. The molecule has 2 aromatic carbocycles. The first kappa shape index (κ1) is 21.2. The summed E-state index contributed by atoms with van der Waals surface area (Å²) in [4.78, 5) is 25.2. The minimum absolute atomic E-state index is 0.0766. The fourth-order valence-electron chi connectivity index (χ4n) is 2.85. The van der Waals surface area contributed by atoms with Gasteiger partial charge in [0.25, 0.3) is 0 Å². The van der Waals surface area contributed by atoms with E-state index in [1.165, 1.54) is 31.0 Å². The monoisotopic (exact) mass is 434 g/mol. The first-order valence-electron chi connectivity index (χ1n) is 8.99. The number of amides is 2. The van der Waals surface area contributed by atoms with Crippen LogP contribution in [0.5, 0.6) is 5.75 Å². The Labute approximate surface area is 174 Å². The van der Waals surface area contributed by atoms with Crippen molar-refractivity contribution < 1.29 is 22.7 Å². The highest BCUT2D eigenvalue weighted by Gasteiger charge is 2.27. The molecule has 0 aromatic heterocycles. The number of hydrogen-bond donors (Lipinski definition) is 2. The summed E-state index contributed by atoms with van der Waals surface area (Å²) in [6.07, 6.45) is 0. The van der Waals surface area contributed by atoms with Gasteiger partial charge in [0.2, 0.25) is 11.8 Å². The second-order valence-corrected chi connectivity index (χ2v) is 10.2. The van der Waals surface area contributed by atoms with Crippen LogP contribution in [0.2, 0.25) is 0 Å². The Morgan fingerprint density at radius 3 is 2.76 bits per heavy atom. The summed E-state index contributed by atoms with van der Waals surface area (Å²) in [5.41, 5.74) is 1.01. The molecule has 2 amide bonds. The Kier molecular flexibility index (Phi) is 6.18. The minimum atomic E-state index is -3.72. The fraction of sp³-hybridized carbons (Fsp3) is 0.300. The molecule has 0 bridgehead atoms. The third-order valence-corrected chi connectivity index (χ3v) is 7.58. The zero-order valence-electron chi connectivity index (χ0n) is 16.3. The number of hydrogen-bond acceptors (Lipinski definition) is 6. The molecular weight excluding hydrogens is 412 g/mol. The predicted octanol–water partition coefficient (Wildman–Crippen LogP) is 3.18. The van der Waals surface area contributed by atoms with Gasteiger partial charge in [0.05, 0.1) is 28.7 Å². The van der Waals surface area contributed by atoms with Crippen molar-refractivity contribution in [1.82, 2.24) is 0 Å². The third-order valence-electron chi connectivity index (χ3n) is 4.50. The SMILES string of the molecule is COc1cccc(NC(=O)[C@@H](C)CS(=O)(=O)c2ccc3c(c2)NC(=O)[C@H](C)S3)c1. The van der Waals surface area contributed by atoms with Gasteiger partial charge >= 0.3 is 0 Å². The first-order chi connectivity index (χ1) is 13.7. The van der Waals surface area contributed by atoms with Gasteiger partial charge in [-0.25, -0.2) is 8.42 Å². The van der Waals surface area contributed by atoms with Gasteiger partial charge in [0.15, 0.2) is 9.84 Å². The Morgan fingerprint density at radius 2 is 2.03 bits per heavy atom. The lowest BCUT2D eigenvalue weighted by Crippen LogP contribution is -2.28. The fourth-order valence-corrected chi connectivity index (χ4v) is 5.35. The van der Waals surface area contributed by atoms with Gasteiger partial charge in [-0.1, -0.05) is 13.0 Å². The van der Waals surface area contributed by atoms with E-state index < -0.39 is 21.7 Å². The topological polar surface area (TPSA) is 102 Å². The molecule has 2 N–H and O–H groups in total. The van der Waals surface area contributed by atoms with Gasteiger partial charge in [0, 0.05) is 22.6 Å². The number of sulfone groups is 1. The molecular formula is C20H22N2O5S2. The molecule has 2 atom stereocenters. The number of fused-ring (bicyclic) bond motifs is 1. The molecule has 154 valence electrons. The number of nitrogens with one attached hydrogen (secondary N) is 2. The Hall–Kier alpha value is -2.52. The van der Waals surface area contributed by atoms with Crippen molar-refractivity contribution in [2.75, 3.05) is 23.5 Å². The van der Waals surface area contributed by atoms with E-state index in [0.29, 0.717) is 17.1 Å². The van der Waals surface area contributed by atoms with E-state index >= 15 is 0 Å². The van der Waals surface area contributed by atoms with Gasteiger partial charge < -0.3 is 15.4 Å². The van der Waals surface area contributed by atoms with Crippen molar-refractivity contribution in [3.8, 4) is 5.75 Å². The molecule has 0 spiro atoms. The Balaban J connectivity index is 1.72. The number of anilines is 2. The van der Waals surface area contributed by atoms with E-state index in [0.717, 1.165) is 4.90 Å². The molecule has 7 nitrogen and oxygen atoms in total. The zero-order valence-corrected chi connectivity index (χ0v) is 17.9. The quantitative estimate of drug-likeness (QED) is 0.724. The number of carbonyl (C=O) groups excluding carboxylic acids is 2. The minimum Gasteiger partial charge on any atom is -0.497 e. The maximum absolute atomic E-state index is 12.8. The number of thioether (sulfide) groups is 1. The standard InChI is InChI=1S/C20H22N2O5S2/c1-12(19(23)21-14-5-4-6-15(9-14)27-3)11-29(25,26)16-7-8-18-17(10-16)22-20(24)13(2)28-18/h4-10,12-13H,11H2,1-3H3,(H,21,23)(H,22,24)/t12-,13-/m0/s1. The van der Waals surface area contributed by atoms with Crippen molar-refractivity contribution in [3.05, 3.63) is 42.5 Å². The Morgan fingerprint density at radius 1 is 1.28 bits per heavy atom. The molecule has 3 rings (SSSR count). The Bertz CT molecular complexity index is 1050. The van der Waals surface area contributed by atoms with Gasteiger partial charge in [-0.3, -0.25) is 9.59 Å². The largest absolute Gasteiger partial charge is 0.497 e. The molecule has 0 radical (unpaired) electrons. The molecule has 0 saturated heterocycles. The van der Waals surface area contributed by atoms with Crippen LogP contribution in [0.4, 0.5) is 11.4 Å². The lowest BCUT2D eigenvalue weighted by atomic mass is 10.2. The molecule has 0 aliphatic carbocycles. The number of benzene rings is 2. The summed E-state index contributed by atoms with van der Waals surface area (Å²) in [6, 6.07) is 11.5. The van der Waals surface area contributed by atoms with Gasteiger partial charge in [-0.2, -0.15) is 0 Å². The van der Waals surface area contributed by atoms with Gasteiger partial charge in [0.1, 0.15) is 5.75 Å². The summed E-state index contributed by atoms with van der Waals surface area (Å²) in [7, 11) is -2.20. The average Bonchev–Trinajstić information content (AvgIpc) is 2.68. The second-order valence-electron chi connectivity index (χ2n) is 6.81. The molecule has 9 heteroatoms. The van der Waals surface area contributed by atoms with Crippen LogP contribution in [0.25, 0.3) is 0 Å². The molecule has 1 heterocycles. The van der Waals surface area contributed by atoms with Gasteiger partial charge in [-0.15, -0.1) is 11.8 Å². The lowest BCUT2D eigenvalue weighted by molar-refractivity contribution is -0.119. The van der Waals surface area contributed by atoms with Crippen LogP contribution in [-0.4, -0.2) is 38.3 Å². The average molecular weight is 435 g/mol. The first-order valence-corrected chi connectivity index (χ1v) is 11.5. The number of rotatable bonds is 6. The van der Waals surface area contributed by atoms with Crippen molar-refractivity contribution in [2.45, 2.75) is 28.9 Å². The smallest absolute Gasteiger partial charge is 0.237 e. The van der Waals surface area contributed by atoms with E-state index in [-0.39, 0.29) is 21.8 Å². The van der Waals surface area contributed by atoms with E-state index in [9.17, 15) is 18.0 Å².